The zero-order valence-electron chi connectivity index (χ0n) is 11.4. The molecule has 0 bridgehead atoms. The van der Waals surface area contributed by atoms with Gasteiger partial charge in [-0.3, -0.25) is 0 Å². The van der Waals surface area contributed by atoms with Gasteiger partial charge in [-0.2, -0.15) is 0 Å². The second-order valence-electron chi connectivity index (χ2n) is 5.15. The highest BCUT2D eigenvalue weighted by molar-refractivity contribution is 7.11. The van der Waals surface area contributed by atoms with E-state index in [1.807, 2.05) is 18.4 Å². The maximum atomic E-state index is 5.41. The van der Waals surface area contributed by atoms with Crippen LogP contribution in [0.15, 0.2) is 12.1 Å². The summed E-state index contributed by atoms with van der Waals surface area (Å²) in [7, 11) is 4.23. The van der Waals surface area contributed by atoms with Crippen LogP contribution in [0.3, 0.4) is 0 Å². The predicted molar refractivity (Wildman–Crippen MR) is 77.0 cm³/mol. The Morgan fingerprint density at radius 3 is 2.78 bits per heavy atom. The molecule has 0 radical (unpaired) electrons. The maximum absolute atomic E-state index is 5.41. The molecular weight excluding hydrogens is 244 g/mol. The summed E-state index contributed by atoms with van der Waals surface area (Å²) >= 11 is 1.92. The van der Waals surface area contributed by atoms with Crippen LogP contribution in [0, 0.1) is 5.92 Å². The molecule has 1 aromatic rings. The summed E-state index contributed by atoms with van der Waals surface area (Å²) in [4.78, 5) is 5.34. The molecule has 3 nitrogen and oxygen atoms in total. The van der Waals surface area contributed by atoms with Gasteiger partial charge >= 0.3 is 0 Å². The average Bonchev–Trinajstić information content (AvgIpc) is 2.78. The molecule has 0 aliphatic carbocycles. The van der Waals surface area contributed by atoms with Crippen molar-refractivity contribution >= 4 is 11.3 Å². The first-order valence-corrected chi connectivity index (χ1v) is 7.58. The van der Waals surface area contributed by atoms with Gasteiger partial charge in [0.25, 0.3) is 0 Å². The monoisotopic (exact) mass is 268 g/mol. The van der Waals surface area contributed by atoms with Crippen molar-refractivity contribution in [2.24, 2.45) is 5.92 Å². The molecule has 1 N–H and O–H groups in total. The number of hydrogen-bond donors (Lipinski definition) is 1. The third-order valence-corrected chi connectivity index (χ3v) is 4.47. The number of rotatable bonds is 6. The molecule has 0 aromatic carbocycles. The first-order valence-electron chi connectivity index (χ1n) is 6.76. The van der Waals surface area contributed by atoms with E-state index in [0.29, 0.717) is 0 Å². The lowest BCUT2D eigenvalue weighted by atomic mass is 10.00. The normalized spacial score (nSPS) is 17.5. The number of nitrogens with zero attached hydrogens (tertiary/aromatic N) is 1. The molecule has 4 heteroatoms. The van der Waals surface area contributed by atoms with Gasteiger partial charge in [0.05, 0.1) is 0 Å². The Kier molecular flexibility index (Phi) is 5.63. The molecule has 1 aliphatic heterocycles. The fourth-order valence-corrected chi connectivity index (χ4v) is 3.59. The quantitative estimate of drug-likeness (QED) is 0.857. The van der Waals surface area contributed by atoms with Gasteiger partial charge in [-0.25, -0.2) is 0 Å². The van der Waals surface area contributed by atoms with E-state index in [9.17, 15) is 0 Å². The Hall–Kier alpha value is -0.420. The van der Waals surface area contributed by atoms with Crippen LogP contribution in [-0.2, 0) is 17.8 Å². The van der Waals surface area contributed by atoms with Crippen LogP contribution >= 0.6 is 11.3 Å². The van der Waals surface area contributed by atoms with Crippen LogP contribution in [0.2, 0.25) is 0 Å². The van der Waals surface area contributed by atoms with Crippen LogP contribution in [0.25, 0.3) is 0 Å². The zero-order chi connectivity index (χ0) is 12.8. The van der Waals surface area contributed by atoms with Gasteiger partial charge in [-0.15, -0.1) is 11.3 Å². The van der Waals surface area contributed by atoms with Crippen molar-refractivity contribution in [3.8, 4) is 0 Å². The van der Waals surface area contributed by atoms with E-state index in [1.165, 1.54) is 29.1 Å². The minimum Gasteiger partial charge on any atom is -0.381 e. The smallest absolute Gasteiger partial charge is 0.0469 e. The fourth-order valence-electron chi connectivity index (χ4n) is 2.48. The summed E-state index contributed by atoms with van der Waals surface area (Å²) < 4.78 is 5.41. The van der Waals surface area contributed by atoms with Crippen LogP contribution in [0.4, 0.5) is 0 Å². The van der Waals surface area contributed by atoms with E-state index in [4.69, 9.17) is 4.74 Å². The predicted octanol–water partition coefficient (Wildman–Crippen LogP) is 2.33. The molecule has 1 fully saturated rings. The van der Waals surface area contributed by atoms with Gasteiger partial charge in [-0.1, -0.05) is 0 Å². The highest BCUT2D eigenvalue weighted by atomic mass is 32.1. The van der Waals surface area contributed by atoms with Crippen molar-refractivity contribution in [2.45, 2.75) is 25.9 Å². The summed E-state index contributed by atoms with van der Waals surface area (Å²) in [5, 5.41) is 3.20. The van der Waals surface area contributed by atoms with Gasteiger partial charge in [0.15, 0.2) is 0 Å². The lowest BCUT2D eigenvalue weighted by molar-refractivity contribution is 0.0550. The largest absolute Gasteiger partial charge is 0.381 e. The van der Waals surface area contributed by atoms with Gasteiger partial charge in [0.2, 0.25) is 0 Å². The van der Waals surface area contributed by atoms with Gasteiger partial charge in [0, 0.05) is 42.6 Å². The van der Waals surface area contributed by atoms with E-state index < -0.39 is 0 Å². The molecule has 1 aliphatic rings. The maximum Gasteiger partial charge on any atom is 0.0469 e. The third kappa shape index (κ3) is 4.35. The molecule has 2 rings (SSSR count). The fraction of sp³-hybridized carbons (Fsp3) is 0.714. The second-order valence-corrected chi connectivity index (χ2v) is 6.40. The molecule has 0 spiro atoms. The summed E-state index contributed by atoms with van der Waals surface area (Å²) in [5.41, 5.74) is 0. The summed E-state index contributed by atoms with van der Waals surface area (Å²) in [6.45, 7) is 5.15. The zero-order valence-corrected chi connectivity index (χ0v) is 12.3. The Morgan fingerprint density at radius 1 is 1.33 bits per heavy atom. The Morgan fingerprint density at radius 2 is 2.06 bits per heavy atom. The van der Waals surface area contributed by atoms with Crippen molar-refractivity contribution < 1.29 is 4.74 Å². The molecular formula is C14H24N2OS. The summed E-state index contributed by atoms with van der Waals surface area (Å²) in [6, 6.07) is 4.50. The highest BCUT2D eigenvalue weighted by Gasteiger charge is 2.16. The molecule has 2 heterocycles. The molecule has 1 aromatic heterocycles. The molecule has 0 atom stereocenters. The number of hydrogen-bond acceptors (Lipinski definition) is 4. The Labute approximate surface area is 114 Å². The highest BCUT2D eigenvalue weighted by Crippen LogP contribution is 2.20. The Bertz CT molecular complexity index is 347. The minimum atomic E-state index is 0.820. The van der Waals surface area contributed by atoms with E-state index in [2.05, 4.69) is 29.4 Å². The minimum absolute atomic E-state index is 0.820. The molecule has 0 saturated carbocycles. The first kappa shape index (κ1) is 14.0. The lowest BCUT2D eigenvalue weighted by Gasteiger charge is -2.26. The third-order valence-electron chi connectivity index (χ3n) is 3.40. The van der Waals surface area contributed by atoms with Crippen molar-refractivity contribution in [3.63, 3.8) is 0 Å². The second kappa shape index (κ2) is 7.24. The lowest BCUT2D eigenvalue weighted by Crippen LogP contribution is -2.29. The van der Waals surface area contributed by atoms with Crippen molar-refractivity contribution in [1.29, 1.82) is 0 Å². The number of ether oxygens (including phenoxy) is 1. The van der Waals surface area contributed by atoms with E-state index >= 15 is 0 Å². The van der Waals surface area contributed by atoms with E-state index in [1.54, 1.807) is 0 Å². The van der Waals surface area contributed by atoms with Crippen molar-refractivity contribution in [2.75, 3.05) is 33.9 Å². The van der Waals surface area contributed by atoms with Gasteiger partial charge in [0.1, 0.15) is 0 Å². The standard InChI is InChI=1S/C14H24N2OS/c1-15-9-13-3-4-14(18-13)11-16(2)10-12-5-7-17-8-6-12/h3-4,12,15H,5-11H2,1-2H3. The Balaban J connectivity index is 1.76. The van der Waals surface area contributed by atoms with Crippen molar-refractivity contribution in [1.82, 2.24) is 10.2 Å². The van der Waals surface area contributed by atoms with E-state index in [0.717, 1.165) is 32.2 Å². The molecule has 0 amide bonds. The summed E-state index contributed by atoms with van der Waals surface area (Å²) in [6.07, 6.45) is 2.44. The average molecular weight is 268 g/mol. The van der Waals surface area contributed by atoms with Gasteiger partial charge < -0.3 is 15.0 Å². The number of nitrogens with one attached hydrogen (secondary N) is 1. The topological polar surface area (TPSA) is 24.5 Å². The van der Waals surface area contributed by atoms with Crippen LogP contribution < -0.4 is 5.32 Å². The SMILES string of the molecule is CNCc1ccc(CN(C)CC2CCOCC2)s1. The molecule has 0 unspecified atom stereocenters. The molecule has 102 valence electrons. The molecule has 1 saturated heterocycles. The van der Waals surface area contributed by atoms with Gasteiger partial charge in [-0.05, 0) is 45.0 Å². The van der Waals surface area contributed by atoms with E-state index in [-0.39, 0.29) is 0 Å². The first-order chi connectivity index (χ1) is 8.78. The van der Waals surface area contributed by atoms with Crippen LogP contribution in [-0.4, -0.2) is 38.8 Å². The van der Waals surface area contributed by atoms with Crippen LogP contribution in [0.5, 0.6) is 0 Å². The summed E-state index contributed by atoms with van der Waals surface area (Å²) in [5.74, 6) is 0.820. The van der Waals surface area contributed by atoms with Crippen LogP contribution in [0.1, 0.15) is 22.6 Å². The molecule has 18 heavy (non-hydrogen) atoms. The number of thiophene rings is 1. The van der Waals surface area contributed by atoms with Crippen molar-refractivity contribution in [3.05, 3.63) is 21.9 Å².